The molecule has 1 aliphatic rings. The molecule has 0 saturated carbocycles. The molecular weight excluding hydrogens is 366 g/mol. The van der Waals surface area contributed by atoms with E-state index in [4.69, 9.17) is 28.9 Å². The van der Waals surface area contributed by atoms with Crippen molar-refractivity contribution in [3.05, 3.63) is 0 Å². The number of hydrogen-bond acceptors (Lipinski definition) is 11. The van der Waals surface area contributed by atoms with Crippen molar-refractivity contribution >= 4 is 23.9 Å². The summed E-state index contributed by atoms with van der Waals surface area (Å²) in [5.41, 5.74) is 0. The number of carbonyl (C=O) groups is 4. The van der Waals surface area contributed by atoms with Gasteiger partial charge in [-0.3, -0.25) is 14.4 Å². The van der Waals surface area contributed by atoms with Crippen LogP contribution >= 0.6 is 0 Å². The Bertz CT molecular complexity index is 627. The number of rotatable bonds is 6. The van der Waals surface area contributed by atoms with Gasteiger partial charge in [-0.15, -0.1) is 0 Å². The number of hydrogen-bond donors (Lipinski definition) is 0. The lowest BCUT2D eigenvalue weighted by Gasteiger charge is -2.43. The van der Waals surface area contributed by atoms with Gasteiger partial charge in [0.2, 0.25) is 6.29 Å². The van der Waals surface area contributed by atoms with E-state index < -0.39 is 60.7 Å². The van der Waals surface area contributed by atoms with Gasteiger partial charge in [-0.05, 0) is 6.92 Å². The molecule has 150 valence electrons. The number of methoxy groups -OCH3 is 1. The first-order valence-corrected chi connectivity index (χ1v) is 7.90. The number of nitriles is 1. The first-order chi connectivity index (χ1) is 12.6. The second-order valence-electron chi connectivity index (χ2n) is 5.58. The summed E-state index contributed by atoms with van der Waals surface area (Å²) in [6.45, 7) is 4.62. The molecule has 1 heterocycles. The molecular formula is C16H21NO10. The predicted molar refractivity (Wildman–Crippen MR) is 83.5 cm³/mol. The highest BCUT2D eigenvalue weighted by molar-refractivity contribution is 5.77. The van der Waals surface area contributed by atoms with Crippen LogP contribution in [0.5, 0.6) is 0 Å². The summed E-state index contributed by atoms with van der Waals surface area (Å²) < 4.78 is 30.8. The molecule has 6 atom stereocenters. The summed E-state index contributed by atoms with van der Waals surface area (Å²) in [6.07, 6.45) is -8.36. The average molecular weight is 387 g/mol. The largest absolute Gasteiger partial charge is 0.467 e. The van der Waals surface area contributed by atoms with E-state index in [2.05, 4.69) is 4.74 Å². The Labute approximate surface area is 155 Å². The third-order valence-corrected chi connectivity index (χ3v) is 3.35. The van der Waals surface area contributed by atoms with Crippen LogP contribution in [0.1, 0.15) is 27.7 Å². The van der Waals surface area contributed by atoms with Crippen molar-refractivity contribution in [2.24, 2.45) is 0 Å². The van der Waals surface area contributed by atoms with E-state index in [1.165, 1.54) is 6.92 Å². The van der Waals surface area contributed by atoms with Crippen LogP contribution in [0, 0.1) is 11.3 Å². The summed E-state index contributed by atoms with van der Waals surface area (Å²) in [7, 11) is 1.07. The zero-order valence-corrected chi connectivity index (χ0v) is 15.5. The van der Waals surface area contributed by atoms with Crippen LogP contribution in [0.4, 0.5) is 0 Å². The minimum Gasteiger partial charge on any atom is -0.467 e. The zero-order valence-electron chi connectivity index (χ0n) is 15.5. The Kier molecular flexibility index (Phi) is 8.14. The molecule has 0 amide bonds. The standard InChI is InChI=1S/C16H21NO10/c1-7(6-17)23-16-14(26-10(4)20)12(25-9(3)19)11(24-8(2)18)13(27-16)15(21)22-5/h7,11-14,16H,1-5H3/t7?,11-,12-,13-,14+,16+/m0/s1. The second kappa shape index (κ2) is 9.84. The number of carbonyl (C=O) groups excluding carboxylic acids is 4. The molecule has 1 unspecified atom stereocenters. The highest BCUT2D eigenvalue weighted by atomic mass is 16.7. The molecule has 1 aliphatic heterocycles. The molecule has 0 N–H and O–H groups in total. The van der Waals surface area contributed by atoms with E-state index in [0.29, 0.717) is 0 Å². The van der Waals surface area contributed by atoms with E-state index in [1.807, 2.05) is 0 Å². The van der Waals surface area contributed by atoms with Gasteiger partial charge in [0.05, 0.1) is 13.2 Å². The van der Waals surface area contributed by atoms with E-state index in [9.17, 15) is 19.2 Å². The van der Waals surface area contributed by atoms with Crippen LogP contribution < -0.4 is 0 Å². The van der Waals surface area contributed by atoms with Crippen LogP contribution in [0.15, 0.2) is 0 Å². The lowest BCUT2D eigenvalue weighted by Crippen LogP contribution is -2.64. The fraction of sp³-hybridized carbons (Fsp3) is 0.688. The second-order valence-corrected chi connectivity index (χ2v) is 5.58. The summed E-state index contributed by atoms with van der Waals surface area (Å²) >= 11 is 0. The summed E-state index contributed by atoms with van der Waals surface area (Å²) in [6, 6.07) is 1.79. The topological polar surface area (TPSA) is 147 Å². The quantitative estimate of drug-likeness (QED) is 0.433. The van der Waals surface area contributed by atoms with Gasteiger partial charge in [0.15, 0.2) is 24.4 Å². The van der Waals surface area contributed by atoms with E-state index >= 15 is 0 Å². The molecule has 0 spiro atoms. The smallest absolute Gasteiger partial charge is 0.339 e. The van der Waals surface area contributed by atoms with E-state index in [-0.39, 0.29) is 0 Å². The third-order valence-electron chi connectivity index (χ3n) is 3.35. The Morgan fingerprint density at radius 3 is 1.85 bits per heavy atom. The van der Waals surface area contributed by atoms with Gasteiger partial charge < -0.3 is 28.4 Å². The van der Waals surface area contributed by atoms with Gasteiger partial charge in [-0.25, -0.2) is 4.79 Å². The summed E-state index contributed by atoms with van der Waals surface area (Å²) in [4.78, 5) is 46.7. The van der Waals surface area contributed by atoms with Gasteiger partial charge in [0.25, 0.3) is 0 Å². The SMILES string of the molecule is COC(=O)[C@H]1O[C@@H](OC(C)C#N)[C@H](OC(C)=O)[C@@H](OC(C)=O)[C@@H]1OC(C)=O. The first-order valence-electron chi connectivity index (χ1n) is 7.90. The van der Waals surface area contributed by atoms with Crippen LogP contribution in [0.3, 0.4) is 0 Å². The highest BCUT2D eigenvalue weighted by Gasteiger charge is 2.55. The molecule has 1 rings (SSSR count). The molecule has 11 heteroatoms. The maximum absolute atomic E-state index is 12.1. The highest BCUT2D eigenvalue weighted by Crippen LogP contribution is 2.30. The maximum atomic E-state index is 12.1. The molecule has 0 aliphatic carbocycles. The monoisotopic (exact) mass is 387 g/mol. The van der Waals surface area contributed by atoms with Crippen molar-refractivity contribution < 1.29 is 47.6 Å². The van der Waals surface area contributed by atoms with Crippen LogP contribution in [-0.4, -0.2) is 67.8 Å². The van der Waals surface area contributed by atoms with E-state index in [1.54, 1.807) is 6.07 Å². The number of nitrogens with zero attached hydrogens (tertiary/aromatic N) is 1. The van der Waals surface area contributed by atoms with Gasteiger partial charge in [0.1, 0.15) is 6.10 Å². The minimum atomic E-state index is -1.55. The normalized spacial score (nSPS) is 28.2. The van der Waals surface area contributed by atoms with Crippen molar-refractivity contribution in [2.75, 3.05) is 7.11 Å². The Morgan fingerprint density at radius 2 is 1.41 bits per heavy atom. The lowest BCUT2D eigenvalue weighted by molar-refractivity contribution is -0.305. The van der Waals surface area contributed by atoms with Crippen molar-refractivity contribution in [3.63, 3.8) is 0 Å². The molecule has 0 aromatic carbocycles. The maximum Gasteiger partial charge on any atom is 0.339 e. The van der Waals surface area contributed by atoms with Gasteiger partial charge in [0, 0.05) is 20.8 Å². The van der Waals surface area contributed by atoms with Crippen molar-refractivity contribution in [1.82, 2.24) is 0 Å². The summed E-state index contributed by atoms with van der Waals surface area (Å²) in [5.74, 6) is -3.33. The number of esters is 4. The average Bonchev–Trinajstić information content (AvgIpc) is 2.57. The lowest BCUT2D eigenvalue weighted by atomic mass is 9.97. The minimum absolute atomic E-state index is 0.781. The van der Waals surface area contributed by atoms with Crippen molar-refractivity contribution in [1.29, 1.82) is 5.26 Å². The van der Waals surface area contributed by atoms with Gasteiger partial charge >= 0.3 is 23.9 Å². The Hall–Kier alpha value is -2.71. The molecule has 27 heavy (non-hydrogen) atoms. The molecule has 1 fully saturated rings. The third kappa shape index (κ3) is 6.19. The molecule has 0 aromatic rings. The van der Waals surface area contributed by atoms with Crippen molar-refractivity contribution in [3.8, 4) is 6.07 Å². The van der Waals surface area contributed by atoms with Crippen LogP contribution in [0.2, 0.25) is 0 Å². The fourth-order valence-electron chi connectivity index (χ4n) is 2.42. The van der Waals surface area contributed by atoms with Crippen LogP contribution in [0.25, 0.3) is 0 Å². The van der Waals surface area contributed by atoms with Gasteiger partial charge in [-0.2, -0.15) is 5.26 Å². The molecule has 1 saturated heterocycles. The van der Waals surface area contributed by atoms with Crippen LogP contribution in [-0.2, 0) is 47.6 Å². The molecule has 0 radical (unpaired) electrons. The number of ether oxygens (including phenoxy) is 6. The van der Waals surface area contributed by atoms with Crippen molar-refractivity contribution in [2.45, 2.75) is 64.5 Å². The summed E-state index contributed by atoms with van der Waals surface area (Å²) in [5, 5.41) is 8.95. The zero-order chi connectivity index (χ0) is 20.7. The van der Waals surface area contributed by atoms with Gasteiger partial charge in [-0.1, -0.05) is 0 Å². The predicted octanol–water partition coefficient (Wildman–Crippen LogP) is -0.392. The molecule has 11 nitrogen and oxygen atoms in total. The Morgan fingerprint density at radius 1 is 0.926 bits per heavy atom. The van der Waals surface area contributed by atoms with E-state index in [0.717, 1.165) is 27.9 Å². The fourth-order valence-corrected chi connectivity index (χ4v) is 2.42. The molecule has 0 aromatic heterocycles. The molecule has 0 bridgehead atoms. The Balaban J connectivity index is 3.38. The first kappa shape index (κ1) is 22.3.